The summed E-state index contributed by atoms with van der Waals surface area (Å²) < 4.78 is 1.88. The fourth-order valence-electron chi connectivity index (χ4n) is 2.50. The van der Waals surface area contributed by atoms with Crippen molar-refractivity contribution in [1.29, 1.82) is 0 Å². The molecule has 19 heavy (non-hydrogen) atoms. The number of hydrogen-bond donors (Lipinski definition) is 2. The number of hydrogen-bond acceptors (Lipinski definition) is 3. The van der Waals surface area contributed by atoms with Crippen LogP contribution >= 0.6 is 0 Å². The average Bonchev–Trinajstić information content (AvgIpc) is 2.84. The van der Waals surface area contributed by atoms with Crippen LogP contribution < -0.4 is 5.32 Å². The molecule has 1 aromatic rings. The maximum atomic E-state index is 12.1. The molecule has 0 unspecified atom stereocenters. The van der Waals surface area contributed by atoms with Crippen LogP contribution in [-0.4, -0.2) is 52.1 Å². The largest absolute Gasteiger partial charge is 0.480 e. The van der Waals surface area contributed by atoms with Crippen molar-refractivity contribution in [2.75, 3.05) is 13.6 Å². The van der Waals surface area contributed by atoms with Gasteiger partial charge in [-0.1, -0.05) is 0 Å². The van der Waals surface area contributed by atoms with Crippen LogP contribution in [0.3, 0.4) is 0 Å². The van der Waals surface area contributed by atoms with E-state index in [0.29, 0.717) is 18.5 Å². The molecule has 1 saturated heterocycles. The van der Waals surface area contributed by atoms with Gasteiger partial charge in [-0.3, -0.25) is 14.5 Å². The molecule has 104 valence electrons. The van der Waals surface area contributed by atoms with Crippen molar-refractivity contribution in [1.82, 2.24) is 14.8 Å². The number of amides is 1. The fourth-order valence-corrected chi connectivity index (χ4v) is 2.50. The van der Waals surface area contributed by atoms with Gasteiger partial charge in [0, 0.05) is 31.5 Å². The lowest BCUT2D eigenvalue weighted by Crippen LogP contribution is -2.36. The molecule has 1 amide bonds. The Morgan fingerprint density at radius 2 is 2.11 bits per heavy atom. The molecule has 0 saturated carbocycles. The molecule has 1 aliphatic heterocycles. The van der Waals surface area contributed by atoms with E-state index in [9.17, 15) is 9.59 Å². The minimum Gasteiger partial charge on any atom is -0.480 e. The molecule has 0 bridgehead atoms. The van der Waals surface area contributed by atoms with Gasteiger partial charge in [0.1, 0.15) is 6.04 Å². The first kappa shape index (κ1) is 13.6. The Morgan fingerprint density at radius 3 is 2.58 bits per heavy atom. The van der Waals surface area contributed by atoms with Crippen molar-refractivity contribution in [3.05, 3.63) is 23.5 Å². The topological polar surface area (TPSA) is 74.6 Å². The molecule has 0 radical (unpaired) electrons. The quantitative estimate of drug-likeness (QED) is 0.820. The van der Waals surface area contributed by atoms with Gasteiger partial charge in [-0.25, -0.2) is 0 Å². The summed E-state index contributed by atoms with van der Waals surface area (Å²) in [6.45, 7) is 2.45. The van der Waals surface area contributed by atoms with Crippen LogP contribution in [0.5, 0.6) is 0 Å². The van der Waals surface area contributed by atoms with E-state index in [1.807, 2.05) is 24.7 Å². The first-order chi connectivity index (χ1) is 8.90. The van der Waals surface area contributed by atoms with E-state index in [0.717, 1.165) is 5.69 Å². The van der Waals surface area contributed by atoms with E-state index >= 15 is 0 Å². The number of aromatic nitrogens is 1. The van der Waals surface area contributed by atoms with E-state index < -0.39 is 12.0 Å². The van der Waals surface area contributed by atoms with Gasteiger partial charge in [0.2, 0.25) is 0 Å². The Labute approximate surface area is 112 Å². The Balaban J connectivity index is 2.01. The number of carbonyl (C=O) groups excluding carboxylic acids is 1. The third-order valence-electron chi connectivity index (χ3n) is 3.80. The second-order valence-electron chi connectivity index (χ2n) is 5.13. The van der Waals surface area contributed by atoms with Crippen LogP contribution in [0.1, 0.15) is 22.5 Å². The van der Waals surface area contributed by atoms with Crippen molar-refractivity contribution < 1.29 is 14.7 Å². The van der Waals surface area contributed by atoms with E-state index in [2.05, 4.69) is 5.32 Å². The van der Waals surface area contributed by atoms with Crippen LogP contribution in [0.4, 0.5) is 0 Å². The highest BCUT2D eigenvalue weighted by Gasteiger charge is 2.35. The Hall–Kier alpha value is -1.82. The van der Waals surface area contributed by atoms with E-state index in [-0.39, 0.29) is 11.9 Å². The Kier molecular flexibility index (Phi) is 3.61. The summed E-state index contributed by atoms with van der Waals surface area (Å²) in [5, 5.41) is 11.9. The van der Waals surface area contributed by atoms with Crippen LogP contribution in [0.25, 0.3) is 0 Å². The number of nitrogens with zero attached hydrogens (tertiary/aromatic N) is 2. The zero-order valence-electron chi connectivity index (χ0n) is 11.4. The number of carboxylic acid groups (broad SMARTS) is 1. The Bertz CT molecular complexity index is 509. The molecule has 2 heterocycles. The van der Waals surface area contributed by atoms with Gasteiger partial charge < -0.3 is 15.0 Å². The molecule has 0 aromatic carbocycles. The zero-order chi connectivity index (χ0) is 14.2. The van der Waals surface area contributed by atoms with Crippen LogP contribution in [-0.2, 0) is 11.8 Å². The molecule has 6 heteroatoms. The van der Waals surface area contributed by atoms with Gasteiger partial charge in [-0.2, -0.15) is 0 Å². The van der Waals surface area contributed by atoms with Crippen LogP contribution in [0.15, 0.2) is 12.3 Å². The number of likely N-dealkylation sites (N-methyl/N-ethyl adjacent to an activating group) is 1. The van der Waals surface area contributed by atoms with Crippen molar-refractivity contribution in [3.8, 4) is 0 Å². The number of rotatable bonds is 3. The summed E-state index contributed by atoms with van der Waals surface area (Å²) in [6, 6.07) is 1.15. The average molecular weight is 265 g/mol. The third-order valence-corrected chi connectivity index (χ3v) is 3.80. The van der Waals surface area contributed by atoms with E-state index in [1.165, 1.54) is 0 Å². The van der Waals surface area contributed by atoms with Crippen LogP contribution in [0, 0.1) is 6.92 Å². The van der Waals surface area contributed by atoms with Crippen molar-refractivity contribution in [2.24, 2.45) is 7.05 Å². The molecule has 1 fully saturated rings. The highest BCUT2D eigenvalue weighted by molar-refractivity contribution is 5.95. The summed E-state index contributed by atoms with van der Waals surface area (Å²) in [4.78, 5) is 24.9. The predicted octanol–water partition coefficient (Wildman–Crippen LogP) is 0.221. The molecule has 2 atom stereocenters. The smallest absolute Gasteiger partial charge is 0.320 e. The number of likely N-dealkylation sites (tertiary alicyclic amines) is 1. The molecule has 2 rings (SSSR count). The summed E-state index contributed by atoms with van der Waals surface area (Å²) in [5.74, 6) is -0.974. The number of aliphatic carboxylic acids is 1. The summed E-state index contributed by atoms with van der Waals surface area (Å²) >= 11 is 0. The maximum Gasteiger partial charge on any atom is 0.320 e. The first-order valence-electron chi connectivity index (χ1n) is 6.26. The van der Waals surface area contributed by atoms with Crippen molar-refractivity contribution in [2.45, 2.75) is 25.4 Å². The monoisotopic (exact) mass is 265 g/mol. The normalized spacial score (nSPS) is 23.5. The van der Waals surface area contributed by atoms with Gasteiger partial charge in [-0.15, -0.1) is 0 Å². The highest BCUT2D eigenvalue weighted by atomic mass is 16.4. The molecule has 1 aliphatic rings. The van der Waals surface area contributed by atoms with Crippen molar-refractivity contribution >= 4 is 11.9 Å². The highest BCUT2D eigenvalue weighted by Crippen LogP contribution is 2.17. The van der Waals surface area contributed by atoms with Gasteiger partial charge in [-0.05, 0) is 26.5 Å². The van der Waals surface area contributed by atoms with Gasteiger partial charge in [0.05, 0.1) is 5.56 Å². The fraction of sp³-hybridized carbons (Fsp3) is 0.538. The lowest BCUT2D eigenvalue weighted by molar-refractivity contribution is -0.141. The second kappa shape index (κ2) is 5.05. The molecule has 6 nitrogen and oxygen atoms in total. The maximum absolute atomic E-state index is 12.1. The van der Waals surface area contributed by atoms with Crippen LogP contribution in [0.2, 0.25) is 0 Å². The summed E-state index contributed by atoms with van der Waals surface area (Å²) in [5.41, 5.74) is 1.54. The first-order valence-corrected chi connectivity index (χ1v) is 6.26. The van der Waals surface area contributed by atoms with E-state index in [1.54, 1.807) is 18.0 Å². The summed E-state index contributed by atoms with van der Waals surface area (Å²) in [6.07, 6.45) is 2.29. The summed E-state index contributed by atoms with van der Waals surface area (Å²) in [7, 11) is 3.65. The lowest BCUT2D eigenvalue weighted by atomic mass is 10.1. The molecule has 1 aromatic heterocycles. The standard InChI is InChI=1S/C13H19N3O3/c1-8-10(4-5-15(8)2)12(17)14-9-6-11(13(18)19)16(3)7-9/h4-5,9,11H,6-7H2,1-3H3,(H,14,17)(H,18,19)/t9-,11-/m0/s1. The lowest BCUT2D eigenvalue weighted by Gasteiger charge is -2.13. The molecule has 0 spiro atoms. The SMILES string of the molecule is Cc1c(C(=O)N[C@H]2C[C@@H](C(=O)O)N(C)C2)ccn1C. The van der Waals surface area contributed by atoms with Gasteiger partial charge in [0.15, 0.2) is 0 Å². The minimum absolute atomic E-state index is 0.113. The third kappa shape index (κ3) is 2.63. The van der Waals surface area contributed by atoms with Gasteiger partial charge >= 0.3 is 5.97 Å². The number of nitrogens with one attached hydrogen (secondary N) is 1. The van der Waals surface area contributed by atoms with Gasteiger partial charge in [0.25, 0.3) is 5.91 Å². The van der Waals surface area contributed by atoms with E-state index in [4.69, 9.17) is 5.11 Å². The molecular weight excluding hydrogens is 246 g/mol. The van der Waals surface area contributed by atoms with Crippen molar-refractivity contribution in [3.63, 3.8) is 0 Å². The molecular formula is C13H19N3O3. The number of carboxylic acids is 1. The zero-order valence-corrected chi connectivity index (χ0v) is 11.4. The second-order valence-corrected chi connectivity index (χ2v) is 5.13. The number of aryl methyl sites for hydroxylation is 1. The number of carbonyl (C=O) groups is 2. The molecule has 2 N–H and O–H groups in total. The molecule has 0 aliphatic carbocycles. The predicted molar refractivity (Wildman–Crippen MR) is 70.1 cm³/mol. The minimum atomic E-state index is -0.838. The Morgan fingerprint density at radius 1 is 1.42 bits per heavy atom.